The van der Waals surface area contributed by atoms with E-state index in [1.165, 1.54) is 4.68 Å². The van der Waals surface area contributed by atoms with Crippen LogP contribution in [-0.2, 0) is 0 Å². The Bertz CT molecular complexity index is 1210. The molecule has 3 heterocycles. The molecule has 29 heavy (non-hydrogen) atoms. The first kappa shape index (κ1) is 18.9. The fourth-order valence-corrected chi connectivity index (χ4v) is 3.35. The summed E-state index contributed by atoms with van der Waals surface area (Å²) in [7, 11) is 0. The molecule has 0 bridgehead atoms. The maximum Gasteiger partial charge on any atom is 0.267 e. The SMILES string of the molecule is CC(C)Oc1ccn2nc(-c3ccccc3)c(-c3ccc(=O)n(C(C)C)n3)c2c1. The number of hydrogen-bond donors (Lipinski definition) is 0. The molecule has 0 spiro atoms. The zero-order valence-corrected chi connectivity index (χ0v) is 17.0. The minimum atomic E-state index is -0.120. The Morgan fingerprint density at radius 2 is 1.69 bits per heavy atom. The highest BCUT2D eigenvalue weighted by Crippen LogP contribution is 2.35. The Morgan fingerprint density at radius 1 is 0.931 bits per heavy atom. The molecule has 1 aromatic carbocycles. The lowest BCUT2D eigenvalue weighted by molar-refractivity contribution is 0.242. The van der Waals surface area contributed by atoms with Gasteiger partial charge >= 0.3 is 0 Å². The Morgan fingerprint density at radius 3 is 2.38 bits per heavy atom. The van der Waals surface area contributed by atoms with E-state index >= 15 is 0 Å². The molecular formula is C23H24N4O2. The Balaban J connectivity index is 2.01. The molecular weight excluding hydrogens is 364 g/mol. The smallest absolute Gasteiger partial charge is 0.267 e. The van der Waals surface area contributed by atoms with E-state index in [2.05, 4.69) is 5.10 Å². The molecule has 0 aliphatic carbocycles. The van der Waals surface area contributed by atoms with Crippen LogP contribution in [0.3, 0.4) is 0 Å². The van der Waals surface area contributed by atoms with Gasteiger partial charge in [0.2, 0.25) is 0 Å². The number of nitrogens with zero attached hydrogens (tertiary/aromatic N) is 4. The van der Waals surface area contributed by atoms with Crippen LogP contribution in [0, 0.1) is 0 Å². The summed E-state index contributed by atoms with van der Waals surface area (Å²) in [6.45, 7) is 7.88. The number of aromatic nitrogens is 4. The van der Waals surface area contributed by atoms with Crippen LogP contribution in [0.15, 0.2) is 65.6 Å². The van der Waals surface area contributed by atoms with Crippen LogP contribution >= 0.6 is 0 Å². The normalized spacial score (nSPS) is 11.5. The van der Waals surface area contributed by atoms with Crippen LogP contribution in [-0.4, -0.2) is 25.5 Å². The number of pyridine rings is 1. The van der Waals surface area contributed by atoms with Gasteiger partial charge in [0, 0.05) is 23.9 Å². The molecule has 0 aliphatic rings. The van der Waals surface area contributed by atoms with Crippen molar-refractivity contribution in [3.05, 3.63) is 71.1 Å². The van der Waals surface area contributed by atoms with Crippen molar-refractivity contribution in [3.63, 3.8) is 0 Å². The predicted molar refractivity (Wildman–Crippen MR) is 114 cm³/mol. The summed E-state index contributed by atoms with van der Waals surface area (Å²) in [6.07, 6.45) is 1.96. The quantitative estimate of drug-likeness (QED) is 0.502. The van der Waals surface area contributed by atoms with Crippen molar-refractivity contribution in [1.29, 1.82) is 0 Å². The highest BCUT2D eigenvalue weighted by atomic mass is 16.5. The molecule has 3 aromatic heterocycles. The molecule has 0 unspecified atom stereocenters. The summed E-state index contributed by atoms with van der Waals surface area (Å²) in [5, 5.41) is 9.46. The van der Waals surface area contributed by atoms with E-state index in [4.69, 9.17) is 9.84 Å². The molecule has 6 nitrogen and oxygen atoms in total. The molecule has 0 saturated carbocycles. The molecule has 6 heteroatoms. The third-order valence-corrected chi connectivity index (χ3v) is 4.60. The lowest BCUT2D eigenvalue weighted by Gasteiger charge is -2.11. The van der Waals surface area contributed by atoms with Gasteiger partial charge in [-0.1, -0.05) is 30.3 Å². The molecule has 0 N–H and O–H groups in total. The van der Waals surface area contributed by atoms with Crippen molar-refractivity contribution >= 4 is 5.52 Å². The van der Waals surface area contributed by atoms with E-state index in [-0.39, 0.29) is 17.7 Å². The average Bonchev–Trinajstić information content (AvgIpc) is 3.07. The van der Waals surface area contributed by atoms with Gasteiger partial charge in [0.05, 0.1) is 28.9 Å². The fourth-order valence-electron chi connectivity index (χ4n) is 3.35. The first-order valence-electron chi connectivity index (χ1n) is 9.78. The van der Waals surface area contributed by atoms with Gasteiger partial charge in [-0.25, -0.2) is 9.20 Å². The second-order valence-corrected chi connectivity index (χ2v) is 7.54. The lowest BCUT2D eigenvalue weighted by Crippen LogP contribution is -2.23. The molecule has 0 atom stereocenters. The van der Waals surface area contributed by atoms with Crippen LogP contribution in [0.5, 0.6) is 5.75 Å². The van der Waals surface area contributed by atoms with Crippen molar-refractivity contribution in [1.82, 2.24) is 19.4 Å². The topological polar surface area (TPSA) is 61.4 Å². The Hall–Kier alpha value is -3.41. The first-order chi connectivity index (χ1) is 13.9. The molecule has 0 radical (unpaired) electrons. The number of ether oxygens (including phenoxy) is 1. The maximum atomic E-state index is 12.2. The highest BCUT2D eigenvalue weighted by molar-refractivity contribution is 5.91. The van der Waals surface area contributed by atoms with Crippen LogP contribution < -0.4 is 10.3 Å². The van der Waals surface area contributed by atoms with E-state index in [9.17, 15) is 4.79 Å². The number of rotatable bonds is 5. The van der Waals surface area contributed by atoms with Crippen molar-refractivity contribution in [3.8, 4) is 28.3 Å². The van der Waals surface area contributed by atoms with Gasteiger partial charge in [-0.15, -0.1) is 0 Å². The maximum absolute atomic E-state index is 12.2. The fraction of sp³-hybridized carbons (Fsp3) is 0.261. The minimum Gasteiger partial charge on any atom is -0.491 e. The summed E-state index contributed by atoms with van der Waals surface area (Å²) in [5.41, 5.74) is 4.14. The summed E-state index contributed by atoms with van der Waals surface area (Å²) in [5.74, 6) is 0.769. The van der Waals surface area contributed by atoms with Crippen molar-refractivity contribution in [2.24, 2.45) is 0 Å². The minimum absolute atomic E-state index is 0.0377. The van der Waals surface area contributed by atoms with Gasteiger partial charge in [0.15, 0.2) is 0 Å². The van der Waals surface area contributed by atoms with Crippen LogP contribution in [0.1, 0.15) is 33.7 Å². The van der Waals surface area contributed by atoms with Crippen LogP contribution in [0.25, 0.3) is 28.0 Å². The summed E-state index contributed by atoms with van der Waals surface area (Å²) in [4.78, 5) is 12.2. The molecule has 0 aliphatic heterocycles. The summed E-state index contributed by atoms with van der Waals surface area (Å²) in [6, 6.07) is 17.2. The molecule has 4 rings (SSSR count). The van der Waals surface area contributed by atoms with Crippen LogP contribution in [0.4, 0.5) is 0 Å². The zero-order chi connectivity index (χ0) is 20.5. The molecule has 0 amide bonds. The largest absolute Gasteiger partial charge is 0.491 e. The highest BCUT2D eigenvalue weighted by Gasteiger charge is 2.19. The van der Waals surface area contributed by atoms with Gasteiger partial charge in [-0.3, -0.25) is 4.79 Å². The standard InChI is InChI=1S/C23H24N4O2/c1-15(2)27-21(28)11-10-19(24-27)22-20-14-18(29-16(3)4)12-13-26(20)25-23(22)17-8-6-5-7-9-17/h5-16H,1-4H3. The molecule has 148 valence electrons. The van der Waals surface area contributed by atoms with E-state index in [0.29, 0.717) is 5.69 Å². The van der Waals surface area contributed by atoms with Crippen molar-refractivity contribution in [2.75, 3.05) is 0 Å². The third-order valence-electron chi connectivity index (χ3n) is 4.60. The van der Waals surface area contributed by atoms with E-state index in [1.807, 2.05) is 80.9 Å². The van der Waals surface area contributed by atoms with Gasteiger partial charge < -0.3 is 4.74 Å². The van der Waals surface area contributed by atoms with Crippen molar-refractivity contribution in [2.45, 2.75) is 39.8 Å². The second-order valence-electron chi connectivity index (χ2n) is 7.54. The second kappa shape index (κ2) is 7.54. The molecule has 0 saturated heterocycles. The Kier molecular flexibility index (Phi) is 4.92. The van der Waals surface area contributed by atoms with Gasteiger partial charge in [0.1, 0.15) is 11.4 Å². The van der Waals surface area contributed by atoms with Crippen molar-refractivity contribution < 1.29 is 4.74 Å². The molecule has 0 fully saturated rings. The predicted octanol–water partition coefficient (Wildman–Crippen LogP) is 4.59. The Labute approximate surface area is 169 Å². The van der Waals surface area contributed by atoms with Gasteiger partial charge in [0.25, 0.3) is 5.56 Å². The number of hydrogen-bond acceptors (Lipinski definition) is 4. The average molecular weight is 388 g/mol. The zero-order valence-electron chi connectivity index (χ0n) is 17.0. The summed E-state index contributed by atoms with van der Waals surface area (Å²) >= 11 is 0. The summed E-state index contributed by atoms with van der Waals surface area (Å²) < 4.78 is 9.23. The first-order valence-corrected chi connectivity index (χ1v) is 9.78. The van der Waals surface area contributed by atoms with Gasteiger partial charge in [-0.05, 0) is 39.8 Å². The third kappa shape index (κ3) is 3.66. The van der Waals surface area contributed by atoms with E-state index < -0.39 is 0 Å². The van der Waals surface area contributed by atoms with Crippen LogP contribution in [0.2, 0.25) is 0 Å². The monoisotopic (exact) mass is 388 g/mol. The number of fused-ring (bicyclic) bond motifs is 1. The van der Waals surface area contributed by atoms with E-state index in [1.54, 1.807) is 12.1 Å². The molecule has 4 aromatic rings. The van der Waals surface area contributed by atoms with E-state index in [0.717, 1.165) is 28.1 Å². The van der Waals surface area contributed by atoms with Gasteiger partial charge in [-0.2, -0.15) is 10.2 Å². The lowest BCUT2D eigenvalue weighted by atomic mass is 10.0. The number of benzene rings is 1.